The summed E-state index contributed by atoms with van der Waals surface area (Å²) in [5.41, 5.74) is 9.26. The normalized spacial score (nSPS) is 23.2. The smallest absolute Gasteiger partial charge is 0.229 e. The summed E-state index contributed by atoms with van der Waals surface area (Å²) in [6.45, 7) is 4.11. The van der Waals surface area contributed by atoms with Crippen LogP contribution in [0.15, 0.2) is 18.2 Å². The largest absolute Gasteiger partial charge is 0.328 e. The van der Waals surface area contributed by atoms with E-state index in [1.165, 1.54) is 5.56 Å². The van der Waals surface area contributed by atoms with Crippen LogP contribution >= 0.6 is 0 Å². The molecule has 3 nitrogen and oxygen atoms in total. The third-order valence-corrected chi connectivity index (χ3v) is 4.18. The van der Waals surface area contributed by atoms with Crippen molar-refractivity contribution in [2.75, 3.05) is 11.9 Å². The number of anilines is 1. The molecule has 2 rings (SSSR count). The Hall–Kier alpha value is -1.35. The van der Waals surface area contributed by atoms with Crippen molar-refractivity contribution in [2.24, 2.45) is 11.7 Å². The van der Waals surface area contributed by atoms with Crippen molar-refractivity contribution in [1.29, 1.82) is 0 Å². The molecule has 0 heterocycles. The van der Waals surface area contributed by atoms with E-state index in [-0.39, 0.29) is 17.9 Å². The first kappa shape index (κ1) is 14.1. The molecule has 19 heavy (non-hydrogen) atoms. The Bertz CT molecular complexity index is 462. The van der Waals surface area contributed by atoms with E-state index in [4.69, 9.17) is 5.73 Å². The lowest BCUT2D eigenvalue weighted by Crippen LogP contribution is -2.37. The molecule has 1 fully saturated rings. The van der Waals surface area contributed by atoms with E-state index in [2.05, 4.69) is 32.0 Å². The summed E-state index contributed by atoms with van der Waals surface area (Å²) in [6, 6.07) is 6.53. The maximum absolute atomic E-state index is 12.6. The van der Waals surface area contributed by atoms with Crippen LogP contribution in [0.5, 0.6) is 0 Å². The van der Waals surface area contributed by atoms with Crippen molar-refractivity contribution >= 4 is 11.6 Å². The molecule has 0 saturated heterocycles. The number of aryl methyl sites for hydroxylation is 2. The molecule has 0 bridgehead atoms. The second-order valence-corrected chi connectivity index (χ2v) is 5.80. The predicted molar refractivity (Wildman–Crippen MR) is 79.3 cm³/mol. The van der Waals surface area contributed by atoms with Gasteiger partial charge in [0.2, 0.25) is 5.91 Å². The standard InChI is InChI=1S/C16H24N2O/c1-11-4-5-12(2)15(10-11)18(3)16(19)13-6-8-14(17)9-7-13/h4-5,10,13-14H,6-9,17H2,1-3H3. The average molecular weight is 260 g/mol. The molecule has 1 saturated carbocycles. The van der Waals surface area contributed by atoms with Gasteiger partial charge in [0, 0.05) is 24.7 Å². The fourth-order valence-electron chi connectivity index (χ4n) is 2.84. The molecule has 2 N–H and O–H groups in total. The Labute approximate surface area is 115 Å². The number of amides is 1. The first-order valence-corrected chi connectivity index (χ1v) is 7.09. The quantitative estimate of drug-likeness (QED) is 0.888. The van der Waals surface area contributed by atoms with Gasteiger partial charge in [-0.2, -0.15) is 0 Å². The Balaban J connectivity index is 2.12. The van der Waals surface area contributed by atoms with Gasteiger partial charge in [-0.3, -0.25) is 4.79 Å². The van der Waals surface area contributed by atoms with Crippen LogP contribution in [0.25, 0.3) is 0 Å². The zero-order chi connectivity index (χ0) is 14.0. The highest BCUT2D eigenvalue weighted by Crippen LogP contribution is 2.28. The summed E-state index contributed by atoms with van der Waals surface area (Å²) in [5.74, 6) is 0.380. The zero-order valence-electron chi connectivity index (χ0n) is 12.1. The fourth-order valence-corrected chi connectivity index (χ4v) is 2.84. The Morgan fingerprint density at radius 3 is 2.47 bits per heavy atom. The number of hydrogen-bond donors (Lipinski definition) is 1. The molecule has 1 aliphatic rings. The van der Waals surface area contributed by atoms with Crippen LogP contribution in [-0.4, -0.2) is 19.0 Å². The predicted octanol–water partition coefficient (Wildman–Crippen LogP) is 2.78. The van der Waals surface area contributed by atoms with Gasteiger partial charge in [-0.15, -0.1) is 0 Å². The summed E-state index contributed by atoms with van der Waals surface area (Å²) < 4.78 is 0. The second-order valence-electron chi connectivity index (χ2n) is 5.80. The molecule has 0 spiro atoms. The summed E-state index contributed by atoms with van der Waals surface area (Å²) in [5, 5.41) is 0. The molecule has 1 aliphatic carbocycles. The van der Waals surface area contributed by atoms with Crippen molar-refractivity contribution in [2.45, 2.75) is 45.6 Å². The Morgan fingerprint density at radius 2 is 1.84 bits per heavy atom. The van der Waals surface area contributed by atoms with Gasteiger partial charge >= 0.3 is 0 Å². The summed E-state index contributed by atoms with van der Waals surface area (Å²) >= 11 is 0. The third-order valence-electron chi connectivity index (χ3n) is 4.18. The minimum Gasteiger partial charge on any atom is -0.328 e. The lowest BCUT2D eigenvalue weighted by Gasteiger charge is -2.29. The third kappa shape index (κ3) is 3.16. The first-order valence-electron chi connectivity index (χ1n) is 7.09. The zero-order valence-corrected chi connectivity index (χ0v) is 12.1. The van der Waals surface area contributed by atoms with E-state index in [9.17, 15) is 4.79 Å². The van der Waals surface area contributed by atoms with Gasteiger partial charge in [0.05, 0.1) is 0 Å². The summed E-state index contributed by atoms with van der Waals surface area (Å²) in [6.07, 6.45) is 3.79. The van der Waals surface area contributed by atoms with Crippen molar-refractivity contribution in [3.8, 4) is 0 Å². The van der Waals surface area contributed by atoms with Crippen molar-refractivity contribution in [3.05, 3.63) is 29.3 Å². The molecule has 0 aromatic heterocycles. The van der Waals surface area contributed by atoms with Crippen LogP contribution in [0, 0.1) is 19.8 Å². The van der Waals surface area contributed by atoms with Crippen LogP contribution in [0.4, 0.5) is 5.69 Å². The Morgan fingerprint density at radius 1 is 1.21 bits per heavy atom. The van der Waals surface area contributed by atoms with Gasteiger partial charge in [0.1, 0.15) is 0 Å². The molecule has 0 aliphatic heterocycles. The highest BCUT2D eigenvalue weighted by atomic mass is 16.2. The molecular weight excluding hydrogens is 236 g/mol. The van der Waals surface area contributed by atoms with Gasteiger partial charge in [0.25, 0.3) is 0 Å². The number of carbonyl (C=O) groups excluding carboxylic acids is 1. The maximum atomic E-state index is 12.6. The average Bonchev–Trinajstić information content (AvgIpc) is 2.41. The second kappa shape index (κ2) is 5.74. The molecule has 0 unspecified atom stereocenters. The van der Waals surface area contributed by atoms with Crippen LogP contribution < -0.4 is 10.6 Å². The minimum absolute atomic E-state index is 0.143. The van der Waals surface area contributed by atoms with Crippen molar-refractivity contribution in [1.82, 2.24) is 0 Å². The first-order chi connectivity index (χ1) is 8.99. The topological polar surface area (TPSA) is 46.3 Å². The van der Waals surface area contributed by atoms with Gasteiger partial charge in [0.15, 0.2) is 0 Å². The van der Waals surface area contributed by atoms with Crippen LogP contribution in [-0.2, 0) is 4.79 Å². The molecular formula is C16H24N2O. The number of carbonyl (C=O) groups is 1. The van der Waals surface area contributed by atoms with Gasteiger partial charge in [-0.1, -0.05) is 12.1 Å². The number of benzene rings is 1. The molecule has 0 atom stereocenters. The van der Waals surface area contributed by atoms with E-state index < -0.39 is 0 Å². The van der Waals surface area contributed by atoms with Gasteiger partial charge in [-0.25, -0.2) is 0 Å². The molecule has 104 valence electrons. The van der Waals surface area contributed by atoms with E-state index in [1.54, 1.807) is 0 Å². The molecule has 1 aromatic carbocycles. The molecule has 1 aromatic rings. The molecule has 3 heteroatoms. The monoisotopic (exact) mass is 260 g/mol. The SMILES string of the molecule is Cc1ccc(C)c(N(C)C(=O)C2CCC(N)CC2)c1. The molecule has 0 radical (unpaired) electrons. The van der Waals surface area contributed by atoms with E-state index in [0.717, 1.165) is 36.9 Å². The highest BCUT2D eigenvalue weighted by Gasteiger charge is 2.27. The Kier molecular flexibility index (Phi) is 4.25. The number of nitrogens with two attached hydrogens (primary N) is 1. The van der Waals surface area contributed by atoms with E-state index in [0.29, 0.717) is 0 Å². The summed E-state index contributed by atoms with van der Waals surface area (Å²) in [7, 11) is 1.89. The van der Waals surface area contributed by atoms with Gasteiger partial charge < -0.3 is 10.6 Å². The van der Waals surface area contributed by atoms with E-state index in [1.807, 2.05) is 11.9 Å². The molecule has 1 amide bonds. The van der Waals surface area contributed by atoms with E-state index >= 15 is 0 Å². The van der Waals surface area contributed by atoms with Gasteiger partial charge in [-0.05, 0) is 56.7 Å². The minimum atomic E-state index is 0.143. The fraction of sp³-hybridized carbons (Fsp3) is 0.562. The van der Waals surface area contributed by atoms with Crippen molar-refractivity contribution in [3.63, 3.8) is 0 Å². The number of nitrogens with zero attached hydrogens (tertiary/aromatic N) is 1. The summed E-state index contributed by atoms with van der Waals surface area (Å²) in [4.78, 5) is 14.4. The lowest BCUT2D eigenvalue weighted by molar-refractivity contribution is -0.123. The number of rotatable bonds is 2. The number of hydrogen-bond acceptors (Lipinski definition) is 2. The van der Waals surface area contributed by atoms with Crippen LogP contribution in [0.3, 0.4) is 0 Å². The lowest BCUT2D eigenvalue weighted by atomic mass is 9.85. The van der Waals surface area contributed by atoms with Crippen molar-refractivity contribution < 1.29 is 4.79 Å². The maximum Gasteiger partial charge on any atom is 0.229 e. The van der Waals surface area contributed by atoms with Crippen LogP contribution in [0.1, 0.15) is 36.8 Å². The highest BCUT2D eigenvalue weighted by molar-refractivity contribution is 5.95. The van der Waals surface area contributed by atoms with Crippen LogP contribution in [0.2, 0.25) is 0 Å².